The molecule has 17 heavy (non-hydrogen) atoms. The molecule has 8 heteroatoms. The van der Waals surface area contributed by atoms with Crippen molar-refractivity contribution in [2.75, 3.05) is 36.6 Å². The zero-order chi connectivity index (χ0) is 12.3. The zero-order valence-electron chi connectivity index (χ0n) is 9.14. The van der Waals surface area contributed by atoms with E-state index in [0.29, 0.717) is 19.1 Å². The number of aliphatic hydroxyl groups excluding tert-OH is 1. The quantitative estimate of drug-likeness (QED) is 0.522. The second-order valence-corrected chi connectivity index (χ2v) is 4.49. The highest BCUT2D eigenvalue weighted by Gasteiger charge is 2.22. The summed E-state index contributed by atoms with van der Waals surface area (Å²) in [5.41, 5.74) is 2.41. The Morgan fingerprint density at radius 1 is 1.71 bits per heavy atom. The summed E-state index contributed by atoms with van der Waals surface area (Å²) in [6.07, 6.45) is 1.46. The topological polar surface area (TPSA) is 96.5 Å². The van der Waals surface area contributed by atoms with E-state index in [4.69, 9.17) is 15.7 Å². The number of nitrogens with zero attached hydrogens (tertiary/aromatic N) is 3. The number of halogens is 1. The van der Waals surface area contributed by atoms with Gasteiger partial charge in [0.25, 0.3) is 0 Å². The number of aliphatic hydroxyl groups is 1. The highest BCUT2D eigenvalue weighted by Crippen LogP contribution is 2.25. The Morgan fingerprint density at radius 3 is 3.24 bits per heavy atom. The van der Waals surface area contributed by atoms with Crippen LogP contribution in [0.25, 0.3) is 0 Å². The summed E-state index contributed by atoms with van der Waals surface area (Å²) in [5, 5.41) is 9.10. The molecule has 1 fully saturated rings. The lowest BCUT2D eigenvalue weighted by Gasteiger charge is -2.33. The summed E-state index contributed by atoms with van der Waals surface area (Å²) in [6.45, 7) is 1.88. The fraction of sp³-hybridized carbons (Fsp3) is 0.556. The lowest BCUT2D eigenvalue weighted by molar-refractivity contribution is 0.00332. The van der Waals surface area contributed by atoms with Gasteiger partial charge in [-0.3, -0.25) is 5.43 Å². The Balaban J connectivity index is 2.20. The first-order chi connectivity index (χ1) is 8.24. The van der Waals surface area contributed by atoms with Crippen LogP contribution < -0.4 is 16.2 Å². The molecule has 1 unspecified atom stereocenters. The van der Waals surface area contributed by atoms with Gasteiger partial charge in [0.15, 0.2) is 0 Å². The summed E-state index contributed by atoms with van der Waals surface area (Å²) in [5.74, 6) is 6.38. The van der Waals surface area contributed by atoms with Crippen LogP contribution in [0.15, 0.2) is 10.7 Å². The Kier molecular flexibility index (Phi) is 4.11. The van der Waals surface area contributed by atoms with Gasteiger partial charge in [-0.1, -0.05) is 0 Å². The van der Waals surface area contributed by atoms with E-state index in [1.807, 2.05) is 4.90 Å². The van der Waals surface area contributed by atoms with Crippen molar-refractivity contribution in [3.05, 3.63) is 10.7 Å². The predicted molar refractivity (Wildman–Crippen MR) is 66.6 cm³/mol. The van der Waals surface area contributed by atoms with Crippen LogP contribution in [0, 0.1) is 0 Å². The maximum atomic E-state index is 9.10. The molecule has 1 atom stereocenters. The first-order valence-corrected chi connectivity index (χ1v) is 6.00. The van der Waals surface area contributed by atoms with E-state index in [1.54, 1.807) is 6.20 Å². The number of rotatable bonds is 3. The van der Waals surface area contributed by atoms with Gasteiger partial charge in [0.1, 0.15) is 5.82 Å². The number of nitrogens with one attached hydrogen (secondary N) is 1. The van der Waals surface area contributed by atoms with E-state index in [1.165, 1.54) is 0 Å². The van der Waals surface area contributed by atoms with E-state index in [2.05, 4.69) is 31.3 Å². The van der Waals surface area contributed by atoms with Crippen molar-refractivity contribution >= 4 is 27.7 Å². The molecular weight excluding hydrogens is 290 g/mol. The normalized spacial score (nSPS) is 20.4. The number of aromatic nitrogens is 2. The van der Waals surface area contributed by atoms with Crippen molar-refractivity contribution in [2.45, 2.75) is 6.10 Å². The van der Waals surface area contributed by atoms with Crippen molar-refractivity contribution in [3.63, 3.8) is 0 Å². The molecule has 1 saturated heterocycles. The van der Waals surface area contributed by atoms with Crippen LogP contribution in [0.4, 0.5) is 11.8 Å². The molecule has 94 valence electrons. The van der Waals surface area contributed by atoms with Gasteiger partial charge in [0.05, 0.1) is 23.8 Å². The van der Waals surface area contributed by atoms with Crippen LogP contribution >= 0.6 is 15.9 Å². The number of hydrogen-bond donors (Lipinski definition) is 3. The molecule has 1 aromatic rings. The fourth-order valence-electron chi connectivity index (χ4n) is 1.67. The summed E-state index contributed by atoms with van der Waals surface area (Å²) < 4.78 is 6.17. The van der Waals surface area contributed by atoms with E-state index in [9.17, 15) is 0 Å². The zero-order valence-corrected chi connectivity index (χ0v) is 10.7. The van der Waals surface area contributed by atoms with Crippen LogP contribution in [0.3, 0.4) is 0 Å². The number of nitrogens with two attached hydrogens (primary N) is 1. The summed E-state index contributed by atoms with van der Waals surface area (Å²) in [6, 6.07) is 0. The lowest BCUT2D eigenvalue weighted by atomic mass is 10.3. The molecule has 0 amide bonds. The molecule has 0 radical (unpaired) electrons. The van der Waals surface area contributed by atoms with Crippen molar-refractivity contribution in [2.24, 2.45) is 5.84 Å². The molecule has 1 aromatic heterocycles. The van der Waals surface area contributed by atoms with Crippen molar-refractivity contribution in [1.82, 2.24) is 9.97 Å². The molecule has 0 bridgehead atoms. The van der Waals surface area contributed by atoms with Gasteiger partial charge in [-0.15, -0.1) is 0 Å². The molecule has 0 aromatic carbocycles. The largest absolute Gasteiger partial charge is 0.394 e. The minimum atomic E-state index is -0.181. The van der Waals surface area contributed by atoms with Gasteiger partial charge < -0.3 is 14.7 Å². The Hall–Kier alpha value is -0.960. The molecule has 0 aliphatic carbocycles. The van der Waals surface area contributed by atoms with Gasteiger partial charge in [0.2, 0.25) is 5.95 Å². The number of ether oxygens (including phenoxy) is 1. The smallest absolute Gasteiger partial charge is 0.239 e. The maximum Gasteiger partial charge on any atom is 0.239 e. The fourth-order valence-corrected chi connectivity index (χ4v) is 2.11. The number of hydrogen-bond acceptors (Lipinski definition) is 7. The van der Waals surface area contributed by atoms with Crippen molar-refractivity contribution in [1.29, 1.82) is 0 Å². The van der Waals surface area contributed by atoms with Crippen LogP contribution in [0.2, 0.25) is 0 Å². The summed E-state index contributed by atoms with van der Waals surface area (Å²) >= 11 is 3.40. The Morgan fingerprint density at radius 2 is 2.53 bits per heavy atom. The Bertz CT molecular complexity index is 392. The predicted octanol–water partition coefficient (Wildman–Crippen LogP) is -0.278. The van der Waals surface area contributed by atoms with Crippen LogP contribution in [0.5, 0.6) is 0 Å². The van der Waals surface area contributed by atoms with Gasteiger partial charge in [-0.25, -0.2) is 10.8 Å². The second kappa shape index (κ2) is 5.58. The van der Waals surface area contributed by atoms with Crippen LogP contribution in [0.1, 0.15) is 0 Å². The second-order valence-electron chi connectivity index (χ2n) is 3.63. The van der Waals surface area contributed by atoms with E-state index < -0.39 is 0 Å². The minimum absolute atomic E-state index is 0.00119. The molecule has 4 N–H and O–H groups in total. The third kappa shape index (κ3) is 2.83. The standard InChI is InChI=1S/C9H14BrN5O2/c10-7-3-12-9(14-11)13-8(7)15-1-2-17-6(4-15)5-16/h3,6,16H,1-2,4-5,11H2,(H,12,13,14). The van der Waals surface area contributed by atoms with Gasteiger partial charge in [0, 0.05) is 19.3 Å². The number of morpholine rings is 1. The Labute approximate surface area is 107 Å². The van der Waals surface area contributed by atoms with Crippen molar-refractivity contribution in [3.8, 4) is 0 Å². The molecule has 0 spiro atoms. The number of hydrazine groups is 1. The molecule has 0 saturated carbocycles. The van der Waals surface area contributed by atoms with E-state index in [0.717, 1.165) is 16.8 Å². The van der Waals surface area contributed by atoms with Gasteiger partial charge >= 0.3 is 0 Å². The molecule has 1 aliphatic heterocycles. The SMILES string of the molecule is NNc1ncc(Br)c(N2CCOC(CO)C2)n1. The highest BCUT2D eigenvalue weighted by atomic mass is 79.9. The average Bonchev–Trinajstić information content (AvgIpc) is 2.39. The first-order valence-electron chi connectivity index (χ1n) is 5.21. The molecule has 2 heterocycles. The monoisotopic (exact) mass is 303 g/mol. The number of nitrogen functional groups attached to an aromatic ring is 1. The van der Waals surface area contributed by atoms with Gasteiger partial charge in [-0.05, 0) is 15.9 Å². The molecule has 2 rings (SSSR count). The van der Waals surface area contributed by atoms with Gasteiger partial charge in [-0.2, -0.15) is 4.98 Å². The third-order valence-corrected chi connectivity index (χ3v) is 3.06. The third-order valence-electron chi connectivity index (χ3n) is 2.50. The van der Waals surface area contributed by atoms with E-state index >= 15 is 0 Å². The highest BCUT2D eigenvalue weighted by molar-refractivity contribution is 9.10. The van der Waals surface area contributed by atoms with E-state index in [-0.39, 0.29) is 12.7 Å². The van der Waals surface area contributed by atoms with Crippen molar-refractivity contribution < 1.29 is 9.84 Å². The molecule has 1 aliphatic rings. The summed E-state index contributed by atoms with van der Waals surface area (Å²) in [4.78, 5) is 10.3. The van der Waals surface area contributed by atoms with Crippen LogP contribution in [-0.4, -0.2) is 47.5 Å². The van der Waals surface area contributed by atoms with Crippen LogP contribution in [-0.2, 0) is 4.74 Å². The average molecular weight is 304 g/mol. The lowest BCUT2D eigenvalue weighted by Crippen LogP contribution is -2.44. The number of anilines is 2. The molecular formula is C9H14BrN5O2. The summed E-state index contributed by atoms with van der Waals surface area (Å²) in [7, 11) is 0. The first kappa shape index (κ1) is 12.5. The molecule has 7 nitrogen and oxygen atoms in total. The maximum absolute atomic E-state index is 9.10. The minimum Gasteiger partial charge on any atom is -0.394 e.